The molecule has 2 saturated heterocycles. The van der Waals surface area contributed by atoms with Crippen LogP contribution >= 0.6 is 0 Å². The summed E-state index contributed by atoms with van der Waals surface area (Å²) in [5.74, 6) is 0. The number of hydrogen-bond donors (Lipinski definition) is 0. The molecule has 3 heterocycles. The number of likely N-dealkylation sites (N-methyl/N-ethyl adjacent to an activating group) is 1. The van der Waals surface area contributed by atoms with E-state index in [1.165, 1.54) is 5.56 Å². The maximum absolute atomic E-state index is 5.95. The Morgan fingerprint density at radius 1 is 1.43 bits per heavy atom. The average Bonchev–Trinajstić information content (AvgIpc) is 2.49. The number of fused-ring (bicyclic) bond motifs is 1. The van der Waals surface area contributed by atoms with Gasteiger partial charge >= 0.3 is 6.01 Å². The molecule has 0 aromatic carbocycles. The number of morpholine rings is 1. The first-order chi connectivity index (χ1) is 10.2. The lowest BCUT2D eigenvalue weighted by Gasteiger charge is -2.46. The summed E-state index contributed by atoms with van der Waals surface area (Å²) in [4.78, 5) is 13.5. The molecule has 2 unspecified atom stereocenters. The number of ether oxygens (including phenoxy) is 2. The fraction of sp³-hybridized carbons (Fsp3) is 0.733. The average molecular weight is 292 g/mol. The van der Waals surface area contributed by atoms with E-state index >= 15 is 0 Å². The molecule has 0 bridgehead atoms. The third-order valence-corrected chi connectivity index (χ3v) is 4.52. The van der Waals surface area contributed by atoms with Gasteiger partial charge in [-0.2, -0.15) is 0 Å². The van der Waals surface area contributed by atoms with Crippen molar-refractivity contribution in [3.05, 3.63) is 17.5 Å². The van der Waals surface area contributed by atoms with Gasteiger partial charge in [-0.15, -0.1) is 0 Å². The van der Waals surface area contributed by atoms with Gasteiger partial charge in [0.05, 0.1) is 19.8 Å². The molecule has 2 atom stereocenters. The van der Waals surface area contributed by atoms with E-state index in [0.717, 1.165) is 44.9 Å². The SMILES string of the molecule is COc1ncc(CN2CCOC3CCN(C)CC32)c(C)n1. The number of hydrogen-bond acceptors (Lipinski definition) is 6. The van der Waals surface area contributed by atoms with Gasteiger partial charge in [0.2, 0.25) is 0 Å². The molecular weight excluding hydrogens is 268 g/mol. The summed E-state index contributed by atoms with van der Waals surface area (Å²) < 4.78 is 11.0. The van der Waals surface area contributed by atoms with Crippen molar-refractivity contribution in [1.82, 2.24) is 19.8 Å². The molecule has 2 aliphatic rings. The van der Waals surface area contributed by atoms with Crippen molar-refractivity contribution in [3.63, 3.8) is 0 Å². The van der Waals surface area contributed by atoms with Crippen molar-refractivity contribution in [2.24, 2.45) is 0 Å². The quantitative estimate of drug-likeness (QED) is 0.817. The van der Waals surface area contributed by atoms with Crippen LogP contribution in [0.5, 0.6) is 6.01 Å². The molecule has 116 valence electrons. The fourth-order valence-electron chi connectivity index (χ4n) is 3.24. The molecule has 0 amide bonds. The largest absolute Gasteiger partial charge is 0.467 e. The lowest BCUT2D eigenvalue weighted by molar-refractivity contribution is -0.103. The third kappa shape index (κ3) is 3.17. The Morgan fingerprint density at radius 3 is 3.05 bits per heavy atom. The highest BCUT2D eigenvalue weighted by atomic mass is 16.5. The van der Waals surface area contributed by atoms with E-state index in [1.54, 1.807) is 7.11 Å². The number of aromatic nitrogens is 2. The Labute approximate surface area is 126 Å². The van der Waals surface area contributed by atoms with Gasteiger partial charge in [0.25, 0.3) is 0 Å². The van der Waals surface area contributed by atoms with Crippen molar-refractivity contribution in [3.8, 4) is 6.01 Å². The van der Waals surface area contributed by atoms with E-state index in [-0.39, 0.29) is 0 Å². The summed E-state index contributed by atoms with van der Waals surface area (Å²) in [5, 5.41) is 0. The summed E-state index contributed by atoms with van der Waals surface area (Å²) >= 11 is 0. The molecule has 1 aromatic heterocycles. The molecule has 0 radical (unpaired) electrons. The molecule has 0 aliphatic carbocycles. The van der Waals surface area contributed by atoms with Gasteiger partial charge in [0.1, 0.15) is 0 Å². The zero-order valence-corrected chi connectivity index (χ0v) is 13.1. The summed E-state index contributed by atoms with van der Waals surface area (Å²) in [6.45, 7) is 6.89. The maximum atomic E-state index is 5.95. The van der Waals surface area contributed by atoms with Gasteiger partial charge < -0.3 is 14.4 Å². The first-order valence-electron chi connectivity index (χ1n) is 7.58. The molecule has 6 nitrogen and oxygen atoms in total. The Kier molecular flexibility index (Phi) is 4.37. The molecule has 21 heavy (non-hydrogen) atoms. The van der Waals surface area contributed by atoms with E-state index in [0.29, 0.717) is 18.2 Å². The van der Waals surface area contributed by atoms with Crippen LogP contribution in [0.3, 0.4) is 0 Å². The monoisotopic (exact) mass is 292 g/mol. The Bertz CT molecular complexity index is 497. The predicted molar refractivity (Wildman–Crippen MR) is 79.4 cm³/mol. The molecule has 3 rings (SSSR count). The molecule has 2 aliphatic heterocycles. The van der Waals surface area contributed by atoms with Crippen LogP contribution in [0.15, 0.2) is 6.20 Å². The van der Waals surface area contributed by atoms with E-state index in [2.05, 4.69) is 26.8 Å². The molecule has 6 heteroatoms. The lowest BCUT2D eigenvalue weighted by Crippen LogP contribution is -2.58. The zero-order valence-electron chi connectivity index (χ0n) is 13.1. The van der Waals surface area contributed by atoms with Crippen LogP contribution in [0.25, 0.3) is 0 Å². The Hall–Kier alpha value is -1.24. The standard InChI is InChI=1S/C15H24N4O2/c1-11-12(8-16-15(17-11)20-3)9-19-6-7-21-14-4-5-18(2)10-13(14)19/h8,13-14H,4-7,9-10H2,1-3H3. The maximum Gasteiger partial charge on any atom is 0.316 e. The van der Waals surface area contributed by atoms with Gasteiger partial charge in [0, 0.05) is 49.7 Å². The fourth-order valence-corrected chi connectivity index (χ4v) is 3.24. The van der Waals surface area contributed by atoms with Crippen LogP contribution in [0.1, 0.15) is 17.7 Å². The highest BCUT2D eigenvalue weighted by molar-refractivity contribution is 5.18. The lowest BCUT2D eigenvalue weighted by atomic mass is 9.98. The number of rotatable bonds is 3. The van der Waals surface area contributed by atoms with Crippen molar-refractivity contribution in [2.75, 3.05) is 40.4 Å². The third-order valence-electron chi connectivity index (χ3n) is 4.52. The van der Waals surface area contributed by atoms with Gasteiger partial charge in [-0.3, -0.25) is 4.90 Å². The van der Waals surface area contributed by atoms with E-state index in [1.807, 2.05) is 13.1 Å². The number of methoxy groups -OCH3 is 1. The van der Waals surface area contributed by atoms with Crippen molar-refractivity contribution in [1.29, 1.82) is 0 Å². The highest BCUT2D eigenvalue weighted by Gasteiger charge is 2.36. The van der Waals surface area contributed by atoms with E-state index in [9.17, 15) is 0 Å². The molecule has 1 aromatic rings. The second kappa shape index (κ2) is 6.25. The van der Waals surface area contributed by atoms with Crippen molar-refractivity contribution >= 4 is 0 Å². The highest BCUT2D eigenvalue weighted by Crippen LogP contribution is 2.24. The van der Waals surface area contributed by atoms with Gasteiger partial charge in [-0.25, -0.2) is 9.97 Å². The number of aryl methyl sites for hydroxylation is 1. The zero-order chi connectivity index (χ0) is 14.8. The van der Waals surface area contributed by atoms with Crippen molar-refractivity contribution in [2.45, 2.75) is 32.0 Å². The van der Waals surface area contributed by atoms with Crippen LogP contribution in [0, 0.1) is 6.92 Å². The van der Waals surface area contributed by atoms with Crippen LogP contribution in [-0.4, -0.2) is 72.3 Å². The predicted octanol–water partition coefficient (Wildman–Crippen LogP) is 0.699. The Morgan fingerprint density at radius 2 is 2.29 bits per heavy atom. The minimum Gasteiger partial charge on any atom is -0.467 e. The Balaban J connectivity index is 1.73. The second-order valence-corrected chi connectivity index (χ2v) is 5.97. The summed E-state index contributed by atoms with van der Waals surface area (Å²) in [7, 11) is 3.78. The van der Waals surface area contributed by atoms with Crippen molar-refractivity contribution < 1.29 is 9.47 Å². The minimum atomic E-state index is 0.370. The smallest absolute Gasteiger partial charge is 0.316 e. The van der Waals surface area contributed by atoms with Crippen LogP contribution in [-0.2, 0) is 11.3 Å². The molecule has 0 N–H and O–H groups in total. The molecule has 0 saturated carbocycles. The molecule has 2 fully saturated rings. The van der Waals surface area contributed by atoms with Gasteiger partial charge in [0.15, 0.2) is 0 Å². The molecular formula is C15H24N4O2. The number of nitrogens with zero attached hydrogens (tertiary/aromatic N) is 4. The van der Waals surface area contributed by atoms with Gasteiger partial charge in [-0.1, -0.05) is 0 Å². The van der Waals surface area contributed by atoms with Crippen LogP contribution < -0.4 is 4.74 Å². The summed E-state index contributed by atoms with van der Waals surface area (Å²) in [6.07, 6.45) is 3.38. The summed E-state index contributed by atoms with van der Waals surface area (Å²) in [5.41, 5.74) is 2.17. The minimum absolute atomic E-state index is 0.370. The summed E-state index contributed by atoms with van der Waals surface area (Å²) in [6, 6.07) is 0.910. The van der Waals surface area contributed by atoms with Gasteiger partial charge in [-0.05, 0) is 20.4 Å². The van der Waals surface area contributed by atoms with E-state index < -0.39 is 0 Å². The van der Waals surface area contributed by atoms with Crippen LogP contribution in [0.4, 0.5) is 0 Å². The number of piperidine rings is 1. The number of likely N-dealkylation sites (tertiary alicyclic amines) is 1. The van der Waals surface area contributed by atoms with E-state index in [4.69, 9.17) is 9.47 Å². The molecule has 0 spiro atoms. The van der Waals surface area contributed by atoms with Crippen LogP contribution in [0.2, 0.25) is 0 Å². The topological polar surface area (TPSA) is 50.7 Å². The first-order valence-corrected chi connectivity index (χ1v) is 7.58. The first kappa shape index (κ1) is 14.7. The second-order valence-electron chi connectivity index (χ2n) is 5.97. The normalized spacial score (nSPS) is 27.4.